The van der Waals surface area contributed by atoms with Crippen LogP contribution in [0.3, 0.4) is 0 Å². The first-order valence-corrected chi connectivity index (χ1v) is 14.9. The Morgan fingerprint density at radius 3 is 2.61 bits per heavy atom. The Labute approximate surface area is 231 Å². The van der Waals surface area contributed by atoms with Gasteiger partial charge in [0.1, 0.15) is 16.5 Å². The van der Waals surface area contributed by atoms with Crippen LogP contribution in [0.5, 0.6) is 11.5 Å². The Balaban J connectivity index is 1.48. The normalized spacial score (nSPS) is 16.2. The van der Waals surface area contributed by atoms with Crippen LogP contribution in [-0.4, -0.2) is 36.0 Å². The molecular formula is C30H31N3O3S2. The number of amides is 2. The van der Waals surface area contributed by atoms with Gasteiger partial charge in [-0.25, -0.2) is 4.79 Å². The number of anilines is 1. The van der Waals surface area contributed by atoms with Crippen LogP contribution in [-0.2, 0) is 19.4 Å². The predicted octanol–water partition coefficient (Wildman–Crippen LogP) is 7.29. The Bertz CT molecular complexity index is 1470. The fourth-order valence-corrected chi connectivity index (χ4v) is 7.43. The van der Waals surface area contributed by atoms with Crippen molar-refractivity contribution in [3.8, 4) is 16.5 Å². The molecule has 2 aromatic carbocycles. The van der Waals surface area contributed by atoms with Crippen molar-refractivity contribution in [3.05, 3.63) is 88.1 Å². The molecule has 1 atom stereocenters. The molecule has 0 saturated heterocycles. The van der Waals surface area contributed by atoms with Gasteiger partial charge in [-0.1, -0.05) is 12.1 Å². The summed E-state index contributed by atoms with van der Waals surface area (Å²) < 4.78 is 13.3. The Morgan fingerprint density at radius 2 is 1.84 bits per heavy atom. The van der Waals surface area contributed by atoms with Gasteiger partial charge in [-0.05, 0) is 79.5 Å². The summed E-state index contributed by atoms with van der Waals surface area (Å²) in [7, 11) is 3.22. The molecule has 1 aliphatic heterocycles. The molecule has 0 fully saturated rings. The molecule has 2 aromatic heterocycles. The van der Waals surface area contributed by atoms with E-state index in [1.807, 2.05) is 28.4 Å². The lowest BCUT2D eigenvalue weighted by molar-refractivity contribution is 0.194. The van der Waals surface area contributed by atoms with Crippen LogP contribution in [0.4, 0.5) is 10.5 Å². The maximum absolute atomic E-state index is 14.2. The van der Waals surface area contributed by atoms with Gasteiger partial charge in [-0.15, -0.1) is 23.1 Å². The summed E-state index contributed by atoms with van der Waals surface area (Å²) in [5, 5.41) is 4.40. The zero-order chi connectivity index (χ0) is 26.2. The zero-order valence-electron chi connectivity index (χ0n) is 21.8. The van der Waals surface area contributed by atoms with E-state index in [2.05, 4.69) is 58.7 Å². The number of rotatable bonds is 5. The molecule has 6 rings (SSSR count). The number of thioether (sulfide) groups is 1. The van der Waals surface area contributed by atoms with E-state index >= 15 is 0 Å². The summed E-state index contributed by atoms with van der Waals surface area (Å²) in [4.78, 5) is 18.9. The number of benzene rings is 2. The van der Waals surface area contributed by atoms with Crippen LogP contribution < -0.4 is 14.8 Å². The number of methoxy groups -OCH3 is 2. The molecule has 38 heavy (non-hydrogen) atoms. The number of ether oxygens (including phenoxy) is 2. The number of hydrogen-bond acceptors (Lipinski definition) is 5. The van der Waals surface area contributed by atoms with Crippen molar-refractivity contribution in [3.63, 3.8) is 0 Å². The third-order valence-corrected chi connectivity index (χ3v) is 9.60. The summed E-state index contributed by atoms with van der Waals surface area (Å²) >= 11 is 3.61. The highest BCUT2D eigenvalue weighted by molar-refractivity contribution is 7.98. The van der Waals surface area contributed by atoms with Gasteiger partial charge in [0.15, 0.2) is 0 Å². The highest BCUT2D eigenvalue weighted by Crippen LogP contribution is 2.44. The van der Waals surface area contributed by atoms with Crippen LogP contribution in [0.1, 0.15) is 46.1 Å². The number of hydrogen-bond donors (Lipinski definition) is 1. The summed E-state index contributed by atoms with van der Waals surface area (Å²) in [6.07, 6.45) is 8.84. The lowest BCUT2D eigenvalue weighted by Crippen LogP contribution is -2.38. The second-order valence-corrected chi connectivity index (χ2v) is 11.6. The standard InChI is InChI=1S/C30H31N3O3S2/c1-35-20-12-15-26(36-2)24(17-20)31-30(34)33-18-23-22-7-4-5-9-27(22)38-29(23)32-16-6-8-25(32)28(33)19-10-13-21(37-3)14-11-19/h6,8,10-17,28H,4-5,7,9,18H2,1-3H3,(H,31,34). The summed E-state index contributed by atoms with van der Waals surface area (Å²) in [6.45, 7) is 0.538. The van der Waals surface area contributed by atoms with Crippen LogP contribution in [0.15, 0.2) is 65.7 Å². The van der Waals surface area contributed by atoms with Crippen molar-refractivity contribution in [1.29, 1.82) is 0 Å². The van der Waals surface area contributed by atoms with Crippen molar-refractivity contribution in [2.75, 3.05) is 25.8 Å². The molecular weight excluding hydrogens is 514 g/mol. The van der Waals surface area contributed by atoms with Gasteiger partial charge in [0.05, 0.1) is 38.2 Å². The van der Waals surface area contributed by atoms with Crippen molar-refractivity contribution in [1.82, 2.24) is 9.47 Å². The zero-order valence-corrected chi connectivity index (χ0v) is 23.5. The molecule has 0 radical (unpaired) electrons. The number of carbonyl (C=O) groups is 1. The van der Waals surface area contributed by atoms with Crippen molar-refractivity contribution >= 4 is 34.8 Å². The fraction of sp³-hybridized carbons (Fsp3) is 0.300. The molecule has 0 bridgehead atoms. The van der Waals surface area contributed by atoms with Crippen LogP contribution in [0, 0.1) is 0 Å². The first-order valence-electron chi connectivity index (χ1n) is 12.9. The van der Waals surface area contributed by atoms with Crippen LogP contribution >= 0.6 is 23.1 Å². The second kappa shape index (κ2) is 10.4. The van der Waals surface area contributed by atoms with Gasteiger partial charge in [-0.2, -0.15) is 0 Å². The topological polar surface area (TPSA) is 55.7 Å². The molecule has 1 aliphatic carbocycles. The number of carbonyl (C=O) groups excluding carboxylic acids is 1. The molecule has 0 spiro atoms. The third kappa shape index (κ3) is 4.35. The van der Waals surface area contributed by atoms with Crippen molar-refractivity contribution in [2.24, 2.45) is 0 Å². The minimum Gasteiger partial charge on any atom is -0.497 e. The number of urea groups is 1. The summed E-state index contributed by atoms with van der Waals surface area (Å²) in [5.41, 5.74) is 5.47. The van der Waals surface area contributed by atoms with Gasteiger partial charge < -0.3 is 24.3 Å². The number of nitrogens with zero attached hydrogens (tertiary/aromatic N) is 2. The van der Waals surface area contributed by atoms with E-state index in [0.29, 0.717) is 23.7 Å². The maximum Gasteiger partial charge on any atom is 0.323 e. The SMILES string of the molecule is COc1ccc(OC)c(NC(=O)N2Cc3c(sc4c3CCCC4)-n3cccc3C2c2ccc(SC)cc2)c1. The molecule has 8 heteroatoms. The van der Waals surface area contributed by atoms with E-state index in [4.69, 9.17) is 9.47 Å². The minimum atomic E-state index is -0.253. The molecule has 2 amide bonds. The van der Waals surface area contributed by atoms with E-state index in [1.165, 1.54) is 38.7 Å². The Morgan fingerprint density at radius 1 is 1.03 bits per heavy atom. The predicted molar refractivity (Wildman–Crippen MR) is 154 cm³/mol. The van der Waals surface area contributed by atoms with E-state index < -0.39 is 0 Å². The number of fused-ring (bicyclic) bond motifs is 5. The second-order valence-electron chi connectivity index (χ2n) is 9.60. The smallest absolute Gasteiger partial charge is 0.323 e. The third-order valence-electron chi connectivity index (χ3n) is 7.52. The highest BCUT2D eigenvalue weighted by Gasteiger charge is 2.36. The maximum atomic E-state index is 14.2. The Kier molecular flexibility index (Phi) is 6.84. The first kappa shape index (κ1) is 24.9. The average Bonchev–Trinajstić information content (AvgIpc) is 3.55. The quantitative estimate of drug-likeness (QED) is 0.268. The molecule has 2 aliphatic rings. The van der Waals surface area contributed by atoms with E-state index in [-0.39, 0.29) is 12.1 Å². The van der Waals surface area contributed by atoms with Crippen molar-refractivity contribution < 1.29 is 14.3 Å². The largest absolute Gasteiger partial charge is 0.497 e. The van der Waals surface area contributed by atoms with E-state index in [1.54, 1.807) is 32.0 Å². The van der Waals surface area contributed by atoms with Gasteiger partial charge in [-0.3, -0.25) is 0 Å². The van der Waals surface area contributed by atoms with Gasteiger partial charge >= 0.3 is 6.03 Å². The van der Waals surface area contributed by atoms with Gasteiger partial charge in [0, 0.05) is 27.6 Å². The van der Waals surface area contributed by atoms with Crippen molar-refractivity contribution in [2.45, 2.75) is 43.2 Å². The molecule has 3 heterocycles. The monoisotopic (exact) mass is 545 g/mol. The minimum absolute atomic E-state index is 0.174. The number of nitrogens with one attached hydrogen (secondary N) is 1. The molecule has 1 N–H and O–H groups in total. The summed E-state index contributed by atoms with van der Waals surface area (Å²) in [6, 6.07) is 17.8. The molecule has 196 valence electrons. The molecule has 4 aromatic rings. The number of aromatic nitrogens is 1. The molecule has 6 nitrogen and oxygen atoms in total. The summed E-state index contributed by atoms with van der Waals surface area (Å²) in [5.74, 6) is 1.25. The van der Waals surface area contributed by atoms with E-state index in [0.717, 1.165) is 24.1 Å². The Hall–Kier alpha value is -3.36. The van der Waals surface area contributed by atoms with Crippen LogP contribution in [0.2, 0.25) is 0 Å². The number of aryl methyl sites for hydroxylation is 1. The molecule has 0 saturated carbocycles. The van der Waals surface area contributed by atoms with E-state index in [9.17, 15) is 4.79 Å². The molecule has 1 unspecified atom stereocenters. The average molecular weight is 546 g/mol. The first-order chi connectivity index (χ1) is 18.6. The fourth-order valence-electron chi connectivity index (χ4n) is 5.62. The lowest BCUT2D eigenvalue weighted by Gasteiger charge is -2.31. The lowest BCUT2D eigenvalue weighted by atomic mass is 9.95. The number of thiophene rings is 1. The highest BCUT2D eigenvalue weighted by atomic mass is 32.2. The van der Waals surface area contributed by atoms with Gasteiger partial charge in [0.2, 0.25) is 0 Å². The van der Waals surface area contributed by atoms with Crippen LogP contribution in [0.25, 0.3) is 5.00 Å². The van der Waals surface area contributed by atoms with Gasteiger partial charge in [0.25, 0.3) is 0 Å².